The fourth-order valence-corrected chi connectivity index (χ4v) is 1.77. The van der Waals surface area contributed by atoms with Crippen LogP contribution in [0, 0.1) is 0 Å². The molecule has 2 aliphatic rings. The molecule has 2 aliphatic heterocycles. The minimum Gasteiger partial charge on any atom is -0.534 e. The van der Waals surface area contributed by atoms with E-state index in [0.717, 1.165) is 25.7 Å². The van der Waals surface area contributed by atoms with Crippen LogP contribution in [0.25, 0.3) is 0 Å². The van der Waals surface area contributed by atoms with E-state index in [4.69, 9.17) is 0 Å². The molecule has 0 aromatic carbocycles. The topological polar surface area (TPSA) is 25.8 Å². The van der Waals surface area contributed by atoms with E-state index in [1.807, 2.05) is 4.52 Å². The smallest absolute Gasteiger partial charge is 0.162 e. The van der Waals surface area contributed by atoms with Crippen LogP contribution >= 0.6 is 0 Å². The standard InChI is InChI=1S/C6H10O2/c7-8-5-1-2-6(8)4-3-5/h5-6H,1-4H2. The minimum atomic E-state index is 0.333. The summed E-state index contributed by atoms with van der Waals surface area (Å²) in [6, 6.07) is 0. The zero-order valence-electron chi connectivity index (χ0n) is 4.80. The van der Waals surface area contributed by atoms with Gasteiger partial charge in [-0.15, -0.1) is 0 Å². The molecule has 0 unspecified atom stereocenters. The molecule has 0 saturated carbocycles. The molecule has 0 aliphatic carbocycles. The Balaban J connectivity index is 2.16. The van der Waals surface area contributed by atoms with Gasteiger partial charge in [-0.05, 0) is 0 Å². The Hall–Kier alpha value is -0.0800. The van der Waals surface area contributed by atoms with Crippen LogP contribution in [0.2, 0.25) is 0 Å². The maximum Gasteiger partial charge on any atom is 0.162 e. The summed E-state index contributed by atoms with van der Waals surface area (Å²) < 4.78 is 2.04. The van der Waals surface area contributed by atoms with Crippen molar-refractivity contribution < 1.29 is 9.78 Å². The molecule has 2 bridgehead atoms. The first kappa shape index (κ1) is 4.77. The first-order valence-electron chi connectivity index (χ1n) is 3.27. The summed E-state index contributed by atoms with van der Waals surface area (Å²) in [5.41, 5.74) is 0. The second-order valence-electron chi connectivity index (χ2n) is 2.73. The Kier molecular flexibility index (Phi) is 0.866. The number of hydrogen-bond donors (Lipinski definition) is 0. The summed E-state index contributed by atoms with van der Waals surface area (Å²) in [4.78, 5) is 0. The predicted octanol–water partition coefficient (Wildman–Crippen LogP) is 0.139. The molecule has 0 aromatic heterocycles. The van der Waals surface area contributed by atoms with Gasteiger partial charge in [0.25, 0.3) is 0 Å². The third kappa shape index (κ3) is 0.446. The van der Waals surface area contributed by atoms with Crippen LogP contribution in [0.15, 0.2) is 0 Å². The van der Waals surface area contributed by atoms with Gasteiger partial charge in [0.2, 0.25) is 0 Å². The zero-order chi connectivity index (χ0) is 5.56. The van der Waals surface area contributed by atoms with Crippen molar-refractivity contribution in [1.29, 1.82) is 0 Å². The Labute approximate surface area is 48.7 Å². The van der Waals surface area contributed by atoms with Crippen molar-refractivity contribution in [2.45, 2.75) is 37.9 Å². The molecule has 0 radical (unpaired) electrons. The second-order valence-corrected chi connectivity index (χ2v) is 2.73. The Morgan fingerprint density at radius 2 is 1.38 bits per heavy atom. The van der Waals surface area contributed by atoms with E-state index in [2.05, 4.69) is 0 Å². The first-order valence-corrected chi connectivity index (χ1v) is 3.27. The SMILES string of the molecule is [O-][O+]1C2CCC1CC2. The molecule has 0 atom stereocenters. The van der Waals surface area contributed by atoms with Crippen molar-refractivity contribution in [1.82, 2.24) is 0 Å². The minimum absolute atomic E-state index is 0.333. The molecule has 0 aromatic rings. The van der Waals surface area contributed by atoms with Crippen LogP contribution in [0.5, 0.6) is 0 Å². The third-order valence-electron chi connectivity index (χ3n) is 2.28. The fraction of sp³-hybridized carbons (Fsp3) is 1.00. The summed E-state index contributed by atoms with van der Waals surface area (Å²) in [6.45, 7) is 0. The van der Waals surface area contributed by atoms with Gasteiger partial charge in [-0.1, -0.05) is 0 Å². The van der Waals surface area contributed by atoms with Crippen molar-refractivity contribution in [3.63, 3.8) is 0 Å². The quantitative estimate of drug-likeness (QED) is 0.325. The lowest BCUT2D eigenvalue weighted by Gasteiger charge is -2.19. The predicted molar refractivity (Wildman–Crippen MR) is 27.1 cm³/mol. The Morgan fingerprint density at radius 1 is 1.00 bits per heavy atom. The summed E-state index contributed by atoms with van der Waals surface area (Å²) in [6.07, 6.45) is 5.16. The summed E-state index contributed by atoms with van der Waals surface area (Å²) in [5.74, 6) is 0. The van der Waals surface area contributed by atoms with Gasteiger partial charge in [-0.25, -0.2) is 0 Å². The second kappa shape index (κ2) is 1.45. The molecule has 2 heteroatoms. The summed E-state index contributed by atoms with van der Waals surface area (Å²) >= 11 is 0. The van der Waals surface area contributed by atoms with E-state index in [-0.39, 0.29) is 0 Å². The van der Waals surface area contributed by atoms with Crippen LogP contribution < -0.4 is 5.26 Å². The Bertz CT molecular complexity index is 82.7. The molecular weight excluding hydrogens is 104 g/mol. The zero-order valence-corrected chi connectivity index (χ0v) is 4.80. The molecule has 2 saturated heterocycles. The highest BCUT2D eigenvalue weighted by Gasteiger charge is 2.41. The number of rotatable bonds is 0. The van der Waals surface area contributed by atoms with Gasteiger partial charge in [0.1, 0.15) is 0 Å². The Morgan fingerprint density at radius 3 is 1.50 bits per heavy atom. The maximum absolute atomic E-state index is 10.8. The molecule has 0 N–H and O–H groups in total. The van der Waals surface area contributed by atoms with E-state index in [1.165, 1.54) is 0 Å². The van der Waals surface area contributed by atoms with Gasteiger partial charge in [0.15, 0.2) is 12.2 Å². The monoisotopic (exact) mass is 114 g/mol. The molecule has 2 heterocycles. The molecule has 0 spiro atoms. The van der Waals surface area contributed by atoms with Crippen LogP contribution in [0.4, 0.5) is 0 Å². The maximum atomic E-state index is 10.8. The molecule has 2 rings (SSSR count). The third-order valence-corrected chi connectivity index (χ3v) is 2.28. The lowest BCUT2D eigenvalue weighted by atomic mass is 10.0. The van der Waals surface area contributed by atoms with E-state index < -0.39 is 0 Å². The lowest BCUT2D eigenvalue weighted by molar-refractivity contribution is -0.806. The van der Waals surface area contributed by atoms with E-state index >= 15 is 0 Å². The highest BCUT2D eigenvalue weighted by Crippen LogP contribution is 2.37. The average Bonchev–Trinajstić information content (AvgIpc) is 2.29. The average molecular weight is 114 g/mol. The van der Waals surface area contributed by atoms with Gasteiger partial charge in [-0.3, -0.25) is 0 Å². The molecule has 8 heavy (non-hydrogen) atoms. The lowest BCUT2D eigenvalue weighted by Crippen LogP contribution is -2.30. The van der Waals surface area contributed by atoms with Crippen molar-refractivity contribution in [3.05, 3.63) is 0 Å². The van der Waals surface area contributed by atoms with Gasteiger partial charge in [0, 0.05) is 25.7 Å². The number of hydrogen-bond acceptors (Lipinski definition) is 1. The fourth-order valence-electron chi connectivity index (χ4n) is 1.77. The largest absolute Gasteiger partial charge is 0.534 e. The van der Waals surface area contributed by atoms with Crippen LogP contribution in [-0.4, -0.2) is 12.2 Å². The molecule has 0 amide bonds. The van der Waals surface area contributed by atoms with Gasteiger partial charge < -0.3 is 9.78 Å². The van der Waals surface area contributed by atoms with Crippen LogP contribution in [0.3, 0.4) is 0 Å². The summed E-state index contributed by atoms with van der Waals surface area (Å²) in [5, 5.41) is 10.8. The molecule has 2 fully saturated rings. The molecule has 46 valence electrons. The van der Waals surface area contributed by atoms with E-state index in [1.54, 1.807) is 0 Å². The molecule has 2 nitrogen and oxygen atoms in total. The van der Waals surface area contributed by atoms with Crippen molar-refractivity contribution >= 4 is 0 Å². The first-order chi connectivity index (χ1) is 3.88. The van der Waals surface area contributed by atoms with E-state index in [0.29, 0.717) is 12.2 Å². The normalized spacial score (nSPS) is 46.1. The van der Waals surface area contributed by atoms with Crippen LogP contribution in [0.1, 0.15) is 25.7 Å². The highest BCUT2D eigenvalue weighted by molar-refractivity contribution is 4.82. The van der Waals surface area contributed by atoms with Crippen LogP contribution in [-0.2, 0) is 4.52 Å². The number of fused-ring (bicyclic) bond motifs is 2. The van der Waals surface area contributed by atoms with Crippen molar-refractivity contribution in [3.8, 4) is 0 Å². The molecular formula is C6H10O2. The highest BCUT2D eigenvalue weighted by atomic mass is 17.2. The van der Waals surface area contributed by atoms with Gasteiger partial charge in [-0.2, -0.15) is 0 Å². The van der Waals surface area contributed by atoms with Gasteiger partial charge in [0.05, 0.1) is 0 Å². The summed E-state index contributed by atoms with van der Waals surface area (Å²) in [7, 11) is 0. The van der Waals surface area contributed by atoms with Gasteiger partial charge >= 0.3 is 0 Å². The van der Waals surface area contributed by atoms with Crippen molar-refractivity contribution in [2.75, 3.05) is 0 Å². The van der Waals surface area contributed by atoms with E-state index in [9.17, 15) is 5.26 Å². The van der Waals surface area contributed by atoms with Crippen molar-refractivity contribution in [2.24, 2.45) is 0 Å².